The minimum atomic E-state index is 0.715. The highest BCUT2D eigenvalue weighted by atomic mass is 35.5. The average molecular weight is 382 g/mol. The number of ether oxygens (including phenoxy) is 1. The molecule has 0 aliphatic rings. The van der Waals surface area contributed by atoms with Crippen LogP contribution in [0, 0.1) is 6.92 Å². The maximum atomic E-state index is 6.03. The molecule has 0 saturated heterocycles. The average Bonchev–Trinajstić information content (AvgIpc) is 3.08. The van der Waals surface area contributed by atoms with Gasteiger partial charge in [0.1, 0.15) is 22.7 Å². The van der Waals surface area contributed by atoms with Gasteiger partial charge in [-0.15, -0.1) is 11.3 Å². The number of halogens is 1. The van der Waals surface area contributed by atoms with Crippen LogP contribution >= 0.6 is 22.9 Å². The standard InChI is InChI=1S/C20H16ClN3OS/c1-12-3-8-17(25-2)16(9-12)24-19-18-15(10-26-20(18)23-11-22-19)13-4-6-14(21)7-5-13/h3-11H,1-2H3,(H,22,23,24). The first-order valence-corrected chi connectivity index (χ1v) is 9.31. The van der Waals surface area contributed by atoms with Crippen LogP contribution in [0.2, 0.25) is 5.02 Å². The van der Waals surface area contributed by atoms with Crippen LogP contribution < -0.4 is 10.1 Å². The quantitative estimate of drug-likeness (QED) is 0.466. The first-order valence-electron chi connectivity index (χ1n) is 8.05. The minimum Gasteiger partial charge on any atom is -0.495 e. The molecule has 0 aliphatic carbocycles. The summed E-state index contributed by atoms with van der Waals surface area (Å²) in [4.78, 5) is 9.83. The molecule has 0 atom stereocenters. The summed E-state index contributed by atoms with van der Waals surface area (Å²) in [6.45, 7) is 2.05. The molecule has 0 aliphatic heterocycles. The first-order chi connectivity index (χ1) is 12.7. The van der Waals surface area contributed by atoms with Gasteiger partial charge in [-0.1, -0.05) is 29.8 Å². The molecule has 6 heteroatoms. The molecule has 2 aromatic heterocycles. The second kappa shape index (κ2) is 6.94. The van der Waals surface area contributed by atoms with Crippen molar-refractivity contribution in [1.29, 1.82) is 0 Å². The van der Waals surface area contributed by atoms with Gasteiger partial charge in [-0.2, -0.15) is 0 Å². The Balaban J connectivity index is 1.85. The van der Waals surface area contributed by atoms with Crippen molar-refractivity contribution in [2.75, 3.05) is 12.4 Å². The van der Waals surface area contributed by atoms with E-state index in [0.29, 0.717) is 5.02 Å². The van der Waals surface area contributed by atoms with E-state index in [1.54, 1.807) is 24.8 Å². The van der Waals surface area contributed by atoms with Crippen molar-refractivity contribution in [3.8, 4) is 16.9 Å². The van der Waals surface area contributed by atoms with Gasteiger partial charge in [0.25, 0.3) is 0 Å². The van der Waals surface area contributed by atoms with Crippen molar-refractivity contribution < 1.29 is 4.74 Å². The molecule has 130 valence electrons. The van der Waals surface area contributed by atoms with E-state index in [9.17, 15) is 0 Å². The summed E-state index contributed by atoms with van der Waals surface area (Å²) >= 11 is 7.63. The summed E-state index contributed by atoms with van der Waals surface area (Å²) in [6, 6.07) is 13.8. The molecule has 0 saturated carbocycles. The van der Waals surface area contributed by atoms with Crippen LogP contribution in [0.15, 0.2) is 54.2 Å². The predicted octanol–water partition coefficient (Wildman–Crippen LogP) is 6.07. The van der Waals surface area contributed by atoms with E-state index in [4.69, 9.17) is 16.3 Å². The maximum Gasteiger partial charge on any atom is 0.143 e. The molecule has 0 amide bonds. The van der Waals surface area contributed by atoms with Gasteiger partial charge < -0.3 is 10.1 Å². The van der Waals surface area contributed by atoms with E-state index in [-0.39, 0.29) is 0 Å². The molecule has 0 bridgehead atoms. The lowest BCUT2D eigenvalue weighted by atomic mass is 10.1. The monoisotopic (exact) mass is 381 g/mol. The summed E-state index contributed by atoms with van der Waals surface area (Å²) in [5, 5.41) is 7.22. The molecule has 4 rings (SSSR count). The fourth-order valence-corrected chi connectivity index (χ4v) is 3.90. The largest absolute Gasteiger partial charge is 0.495 e. The molecule has 0 radical (unpaired) electrons. The number of rotatable bonds is 4. The normalized spacial score (nSPS) is 10.9. The van der Waals surface area contributed by atoms with E-state index in [0.717, 1.165) is 44.2 Å². The molecule has 4 aromatic rings. The number of fused-ring (bicyclic) bond motifs is 1. The Morgan fingerprint density at radius 3 is 2.65 bits per heavy atom. The third kappa shape index (κ3) is 3.11. The van der Waals surface area contributed by atoms with Crippen molar-refractivity contribution in [3.63, 3.8) is 0 Å². The summed E-state index contributed by atoms with van der Waals surface area (Å²) in [6.07, 6.45) is 1.58. The van der Waals surface area contributed by atoms with E-state index < -0.39 is 0 Å². The smallest absolute Gasteiger partial charge is 0.143 e. The minimum absolute atomic E-state index is 0.715. The molecule has 0 spiro atoms. The van der Waals surface area contributed by atoms with Gasteiger partial charge in [0.2, 0.25) is 0 Å². The Kier molecular flexibility index (Phi) is 4.49. The molecule has 4 nitrogen and oxygen atoms in total. The predicted molar refractivity (Wildman–Crippen MR) is 109 cm³/mol. The zero-order chi connectivity index (χ0) is 18.1. The summed E-state index contributed by atoms with van der Waals surface area (Å²) in [5.41, 5.74) is 4.17. The van der Waals surface area contributed by atoms with Gasteiger partial charge in [-0.05, 0) is 42.3 Å². The van der Waals surface area contributed by atoms with Crippen LogP contribution in [-0.4, -0.2) is 17.1 Å². The Hall–Kier alpha value is -2.63. The van der Waals surface area contributed by atoms with Crippen molar-refractivity contribution in [3.05, 3.63) is 64.8 Å². The van der Waals surface area contributed by atoms with Gasteiger partial charge in [0.05, 0.1) is 18.2 Å². The van der Waals surface area contributed by atoms with Crippen LogP contribution in [0.5, 0.6) is 5.75 Å². The number of methoxy groups -OCH3 is 1. The van der Waals surface area contributed by atoms with Crippen LogP contribution in [-0.2, 0) is 0 Å². The number of benzene rings is 2. The highest BCUT2D eigenvalue weighted by molar-refractivity contribution is 7.17. The molecule has 2 heterocycles. The number of nitrogens with one attached hydrogen (secondary N) is 1. The maximum absolute atomic E-state index is 6.03. The lowest BCUT2D eigenvalue weighted by molar-refractivity contribution is 0.416. The Morgan fingerprint density at radius 2 is 1.88 bits per heavy atom. The third-order valence-electron chi connectivity index (χ3n) is 4.13. The van der Waals surface area contributed by atoms with E-state index in [1.807, 2.05) is 49.4 Å². The number of hydrogen-bond acceptors (Lipinski definition) is 5. The van der Waals surface area contributed by atoms with Gasteiger partial charge in [0, 0.05) is 16.0 Å². The first kappa shape index (κ1) is 16.8. The molecule has 0 unspecified atom stereocenters. The fraction of sp³-hybridized carbons (Fsp3) is 0.100. The van der Waals surface area contributed by atoms with Gasteiger partial charge in [-0.3, -0.25) is 0 Å². The Bertz CT molecular complexity index is 1080. The van der Waals surface area contributed by atoms with Crippen LogP contribution in [0.3, 0.4) is 0 Å². The van der Waals surface area contributed by atoms with Crippen molar-refractivity contribution in [2.45, 2.75) is 6.92 Å². The van der Waals surface area contributed by atoms with Crippen molar-refractivity contribution in [2.24, 2.45) is 0 Å². The third-order valence-corrected chi connectivity index (χ3v) is 5.27. The molecule has 1 N–H and O–H groups in total. The summed E-state index contributed by atoms with van der Waals surface area (Å²) < 4.78 is 5.48. The zero-order valence-corrected chi connectivity index (χ0v) is 15.9. The Labute approximate surface area is 160 Å². The van der Waals surface area contributed by atoms with Crippen molar-refractivity contribution in [1.82, 2.24) is 9.97 Å². The van der Waals surface area contributed by atoms with E-state index >= 15 is 0 Å². The molecule has 26 heavy (non-hydrogen) atoms. The second-order valence-corrected chi connectivity index (χ2v) is 7.18. The van der Waals surface area contributed by atoms with Gasteiger partial charge in [0.15, 0.2) is 0 Å². The van der Waals surface area contributed by atoms with Gasteiger partial charge in [-0.25, -0.2) is 9.97 Å². The van der Waals surface area contributed by atoms with Crippen LogP contribution in [0.25, 0.3) is 21.3 Å². The van der Waals surface area contributed by atoms with Crippen LogP contribution in [0.4, 0.5) is 11.5 Å². The van der Waals surface area contributed by atoms with Gasteiger partial charge >= 0.3 is 0 Å². The fourth-order valence-electron chi connectivity index (χ4n) is 2.86. The lowest BCUT2D eigenvalue weighted by Gasteiger charge is -2.13. The number of aryl methyl sites for hydroxylation is 1. The molecule has 0 fully saturated rings. The zero-order valence-electron chi connectivity index (χ0n) is 14.3. The number of aromatic nitrogens is 2. The number of nitrogens with zero attached hydrogens (tertiary/aromatic N) is 2. The van der Waals surface area contributed by atoms with E-state index in [2.05, 4.69) is 20.7 Å². The Morgan fingerprint density at radius 1 is 1.08 bits per heavy atom. The van der Waals surface area contributed by atoms with E-state index in [1.165, 1.54) is 0 Å². The number of thiophene rings is 1. The molecular weight excluding hydrogens is 366 g/mol. The summed E-state index contributed by atoms with van der Waals surface area (Å²) in [7, 11) is 1.66. The SMILES string of the molecule is COc1ccc(C)cc1Nc1ncnc2scc(-c3ccc(Cl)cc3)c12. The highest BCUT2D eigenvalue weighted by Crippen LogP contribution is 2.39. The van der Waals surface area contributed by atoms with Crippen LogP contribution in [0.1, 0.15) is 5.56 Å². The molecular formula is C20H16ClN3OS. The number of hydrogen-bond donors (Lipinski definition) is 1. The second-order valence-electron chi connectivity index (χ2n) is 5.89. The highest BCUT2D eigenvalue weighted by Gasteiger charge is 2.14. The number of anilines is 2. The van der Waals surface area contributed by atoms with Crippen molar-refractivity contribution >= 4 is 44.7 Å². The topological polar surface area (TPSA) is 47.0 Å². The summed E-state index contributed by atoms with van der Waals surface area (Å²) in [5.74, 6) is 1.52. The lowest BCUT2D eigenvalue weighted by Crippen LogP contribution is -1.98. The molecule has 2 aromatic carbocycles.